The van der Waals surface area contributed by atoms with Gasteiger partial charge in [-0.2, -0.15) is 13.2 Å². The van der Waals surface area contributed by atoms with Crippen molar-refractivity contribution in [3.8, 4) is 5.75 Å². The molecule has 0 radical (unpaired) electrons. The highest BCUT2D eigenvalue weighted by Gasteiger charge is 2.30. The molecule has 16 heavy (non-hydrogen) atoms. The number of halogens is 3. The number of rotatable bonds is 1. The molecule has 1 aromatic rings. The second-order valence-corrected chi connectivity index (χ2v) is 5.62. The highest BCUT2D eigenvalue weighted by molar-refractivity contribution is 8.00. The largest absolute Gasteiger partial charge is 0.508 e. The smallest absolute Gasteiger partial charge is 0.446 e. The Kier molecular flexibility index (Phi) is 3.47. The minimum Gasteiger partial charge on any atom is -0.508 e. The van der Waals surface area contributed by atoms with E-state index in [1.54, 1.807) is 0 Å². The predicted molar refractivity (Wildman–Crippen MR) is 58.7 cm³/mol. The lowest BCUT2D eigenvalue weighted by Crippen LogP contribution is -2.11. The molecule has 1 aromatic carbocycles. The van der Waals surface area contributed by atoms with Crippen LogP contribution in [0.4, 0.5) is 13.2 Å². The lowest BCUT2D eigenvalue weighted by Gasteiger charge is -2.21. The SMILES string of the molecule is CC(C)(C)c1cc(SC(F)(F)F)ccc1O. The molecule has 0 amide bonds. The zero-order valence-electron chi connectivity index (χ0n) is 9.22. The first-order valence-corrected chi connectivity index (χ1v) is 5.50. The van der Waals surface area contributed by atoms with E-state index in [1.807, 2.05) is 20.8 Å². The third-order valence-corrected chi connectivity index (χ3v) is 2.73. The molecule has 0 aliphatic rings. The average Bonchev–Trinajstić information content (AvgIpc) is 2.04. The Bertz CT molecular complexity index is 380. The summed E-state index contributed by atoms with van der Waals surface area (Å²) in [6.45, 7) is 5.51. The van der Waals surface area contributed by atoms with Crippen LogP contribution >= 0.6 is 11.8 Å². The molecule has 5 heteroatoms. The van der Waals surface area contributed by atoms with Crippen LogP contribution in [0.2, 0.25) is 0 Å². The van der Waals surface area contributed by atoms with Crippen LogP contribution in [0.15, 0.2) is 23.1 Å². The lowest BCUT2D eigenvalue weighted by molar-refractivity contribution is -0.0328. The molecule has 1 N–H and O–H groups in total. The molecule has 90 valence electrons. The van der Waals surface area contributed by atoms with E-state index in [-0.39, 0.29) is 27.8 Å². The number of phenols is 1. The highest BCUT2D eigenvalue weighted by atomic mass is 32.2. The zero-order chi connectivity index (χ0) is 12.6. The third kappa shape index (κ3) is 3.63. The van der Waals surface area contributed by atoms with Crippen LogP contribution in [-0.4, -0.2) is 10.6 Å². The van der Waals surface area contributed by atoms with Gasteiger partial charge in [-0.1, -0.05) is 20.8 Å². The number of alkyl halides is 3. The summed E-state index contributed by atoms with van der Waals surface area (Å²) in [4.78, 5) is 0.0928. The Morgan fingerprint density at radius 3 is 2.12 bits per heavy atom. The molecule has 0 aliphatic heterocycles. The number of hydrogen-bond acceptors (Lipinski definition) is 2. The van der Waals surface area contributed by atoms with Crippen LogP contribution in [0.1, 0.15) is 26.3 Å². The molecule has 0 spiro atoms. The van der Waals surface area contributed by atoms with Gasteiger partial charge in [-0.15, -0.1) is 0 Å². The number of hydrogen-bond donors (Lipinski definition) is 1. The van der Waals surface area contributed by atoms with Gasteiger partial charge in [-0.25, -0.2) is 0 Å². The molecular weight excluding hydrogens is 237 g/mol. The molecular formula is C11H13F3OS. The maximum Gasteiger partial charge on any atom is 0.446 e. The first-order valence-electron chi connectivity index (χ1n) is 4.69. The number of thioether (sulfide) groups is 1. The van der Waals surface area contributed by atoms with Gasteiger partial charge in [0.15, 0.2) is 0 Å². The first kappa shape index (κ1) is 13.2. The van der Waals surface area contributed by atoms with Crippen LogP contribution < -0.4 is 0 Å². The minimum atomic E-state index is -4.30. The van der Waals surface area contributed by atoms with Crippen LogP contribution in [0.3, 0.4) is 0 Å². The molecule has 0 unspecified atom stereocenters. The Balaban J connectivity index is 3.09. The molecule has 0 aromatic heterocycles. The van der Waals surface area contributed by atoms with Crippen molar-refractivity contribution in [1.82, 2.24) is 0 Å². The first-order chi connectivity index (χ1) is 7.09. The lowest BCUT2D eigenvalue weighted by atomic mass is 9.86. The van der Waals surface area contributed by atoms with Crippen LogP contribution in [0, 0.1) is 0 Å². The molecule has 0 heterocycles. The van der Waals surface area contributed by atoms with E-state index in [1.165, 1.54) is 18.2 Å². The molecule has 1 rings (SSSR count). The van der Waals surface area contributed by atoms with Crippen LogP contribution in [0.25, 0.3) is 0 Å². The van der Waals surface area contributed by atoms with Crippen molar-refractivity contribution < 1.29 is 18.3 Å². The second-order valence-electron chi connectivity index (χ2n) is 4.48. The molecule has 0 saturated heterocycles. The maximum absolute atomic E-state index is 12.2. The van der Waals surface area contributed by atoms with Crippen molar-refractivity contribution in [1.29, 1.82) is 0 Å². The topological polar surface area (TPSA) is 20.2 Å². The predicted octanol–water partition coefficient (Wildman–Crippen LogP) is 4.30. The summed E-state index contributed by atoms with van der Waals surface area (Å²) in [5, 5.41) is 9.58. The van der Waals surface area contributed by atoms with E-state index < -0.39 is 5.51 Å². The minimum absolute atomic E-state index is 0.0269. The second kappa shape index (κ2) is 4.20. The summed E-state index contributed by atoms with van der Waals surface area (Å²) in [5.74, 6) is 0.0269. The number of aromatic hydroxyl groups is 1. The van der Waals surface area contributed by atoms with Gasteiger partial charge < -0.3 is 5.11 Å². The van der Waals surface area contributed by atoms with Gasteiger partial charge in [0, 0.05) is 10.5 Å². The Morgan fingerprint density at radius 1 is 1.12 bits per heavy atom. The maximum atomic E-state index is 12.2. The standard InChI is InChI=1S/C11H13F3OS/c1-10(2,3)8-6-7(4-5-9(8)15)16-11(12,13)14/h4-6,15H,1-3H3. The van der Waals surface area contributed by atoms with E-state index in [2.05, 4.69) is 0 Å². The fourth-order valence-electron chi connectivity index (χ4n) is 1.31. The van der Waals surface area contributed by atoms with Gasteiger partial charge in [-0.3, -0.25) is 0 Å². The number of phenolic OH excluding ortho intramolecular Hbond substituents is 1. The van der Waals surface area contributed by atoms with Gasteiger partial charge >= 0.3 is 5.51 Å². The summed E-state index contributed by atoms with van der Waals surface area (Å²) in [6.07, 6.45) is 0. The van der Waals surface area contributed by atoms with Gasteiger partial charge in [-0.05, 0) is 35.4 Å². The summed E-state index contributed by atoms with van der Waals surface area (Å²) in [7, 11) is 0. The van der Waals surface area contributed by atoms with E-state index in [9.17, 15) is 18.3 Å². The van der Waals surface area contributed by atoms with E-state index >= 15 is 0 Å². The molecule has 0 fully saturated rings. The van der Waals surface area contributed by atoms with Crippen LogP contribution in [-0.2, 0) is 5.41 Å². The van der Waals surface area contributed by atoms with Crippen molar-refractivity contribution in [2.45, 2.75) is 36.6 Å². The fraction of sp³-hybridized carbons (Fsp3) is 0.455. The monoisotopic (exact) mass is 250 g/mol. The van der Waals surface area contributed by atoms with Gasteiger partial charge in [0.1, 0.15) is 5.75 Å². The summed E-state index contributed by atoms with van der Waals surface area (Å²) < 4.78 is 36.5. The Hall–Kier alpha value is -0.840. The van der Waals surface area contributed by atoms with E-state index in [0.29, 0.717) is 5.56 Å². The van der Waals surface area contributed by atoms with Crippen LogP contribution in [0.5, 0.6) is 5.75 Å². The van der Waals surface area contributed by atoms with Gasteiger partial charge in [0.2, 0.25) is 0 Å². The summed E-state index contributed by atoms with van der Waals surface area (Å²) >= 11 is -0.171. The average molecular weight is 250 g/mol. The van der Waals surface area contributed by atoms with Gasteiger partial charge in [0.05, 0.1) is 0 Å². The van der Waals surface area contributed by atoms with Crippen molar-refractivity contribution in [3.63, 3.8) is 0 Å². The fourth-order valence-corrected chi connectivity index (χ4v) is 1.89. The van der Waals surface area contributed by atoms with Crippen molar-refractivity contribution in [2.24, 2.45) is 0 Å². The van der Waals surface area contributed by atoms with E-state index in [0.717, 1.165) is 0 Å². The van der Waals surface area contributed by atoms with Gasteiger partial charge in [0.25, 0.3) is 0 Å². The Morgan fingerprint density at radius 2 is 1.69 bits per heavy atom. The normalized spacial score (nSPS) is 12.9. The highest BCUT2D eigenvalue weighted by Crippen LogP contribution is 2.40. The molecule has 0 saturated carbocycles. The zero-order valence-corrected chi connectivity index (χ0v) is 10.0. The Labute approximate surface area is 96.7 Å². The third-order valence-electron chi connectivity index (χ3n) is 2.01. The molecule has 1 nitrogen and oxygen atoms in total. The molecule has 0 atom stereocenters. The molecule has 0 bridgehead atoms. The summed E-state index contributed by atoms with van der Waals surface area (Å²) in [6, 6.07) is 3.95. The van der Waals surface area contributed by atoms with Crippen molar-refractivity contribution in [3.05, 3.63) is 23.8 Å². The molecule has 0 aliphatic carbocycles. The van der Waals surface area contributed by atoms with Crippen molar-refractivity contribution in [2.75, 3.05) is 0 Å². The summed E-state index contributed by atoms with van der Waals surface area (Å²) in [5.41, 5.74) is -4.17. The van der Waals surface area contributed by atoms with E-state index in [4.69, 9.17) is 0 Å². The number of benzene rings is 1. The quantitative estimate of drug-likeness (QED) is 0.750. The van der Waals surface area contributed by atoms with Crippen molar-refractivity contribution >= 4 is 11.8 Å².